The third kappa shape index (κ3) is 5.86. The minimum Gasteiger partial charge on any atom is -0.346 e. The Kier molecular flexibility index (Phi) is 8.07. The van der Waals surface area contributed by atoms with Crippen molar-refractivity contribution in [2.75, 3.05) is 39.0 Å². The second-order valence-electron chi connectivity index (χ2n) is 5.98. The molecule has 0 fully saturated rings. The molecule has 0 aliphatic carbocycles. The second-order valence-corrected chi connectivity index (χ2v) is 5.98. The lowest BCUT2D eigenvalue weighted by atomic mass is 10.1. The van der Waals surface area contributed by atoms with Crippen LogP contribution in [0.25, 0.3) is 0 Å². The van der Waals surface area contributed by atoms with Crippen LogP contribution in [0.3, 0.4) is 0 Å². The number of amides is 3. The van der Waals surface area contributed by atoms with Gasteiger partial charge in [0.15, 0.2) is 0 Å². The van der Waals surface area contributed by atoms with E-state index in [9.17, 15) is 14.4 Å². The summed E-state index contributed by atoms with van der Waals surface area (Å²) < 4.78 is 0. The van der Waals surface area contributed by atoms with Crippen molar-refractivity contribution in [2.24, 2.45) is 0 Å². The Morgan fingerprint density at radius 1 is 1.04 bits per heavy atom. The maximum Gasteiger partial charge on any atom is 0.313 e. The number of para-hydroxylation sites is 1. The fourth-order valence-electron chi connectivity index (χ4n) is 2.50. The van der Waals surface area contributed by atoms with Gasteiger partial charge in [-0.1, -0.05) is 26.0 Å². The molecule has 0 bridgehead atoms. The smallest absolute Gasteiger partial charge is 0.313 e. The summed E-state index contributed by atoms with van der Waals surface area (Å²) in [5, 5.41) is 5.15. The Morgan fingerprint density at radius 3 is 2.20 bits per heavy atom. The van der Waals surface area contributed by atoms with E-state index in [1.54, 1.807) is 38.4 Å². The van der Waals surface area contributed by atoms with Crippen molar-refractivity contribution >= 4 is 23.4 Å². The summed E-state index contributed by atoms with van der Waals surface area (Å²) in [7, 11) is 3.25. The highest BCUT2D eigenvalue weighted by Gasteiger charge is 2.19. The van der Waals surface area contributed by atoms with Crippen LogP contribution in [0, 0.1) is 0 Å². The Bertz CT molecular complexity index is 612. The largest absolute Gasteiger partial charge is 0.346 e. The highest BCUT2D eigenvalue weighted by atomic mass is 16.2. The summed E-state index contributed by atoms with van der Waals surface area (Å²) in [5.41, 5.74) is 0.656. The van der Waals surface area contributed by atoms with Gasteiger partial charge in [0.05, 0.1) is 11.3 Å². The van der Waals surface area contributed by atoms with E-state index in [-0.39, 0.29) is 11.9 Å². The number of anilines is 1. The molecular formula is C18H28N4O3. The minimum atomic E-state index is -0.786. The van der Waals surface area contributed by atoms with Gasteiger partial charge in [-0.2, -0.15) is 0 Å². The Balaban J connectivity index is 2.70. The first-order chi connectivity index (χ1) is 11.8. The first kappa shape index (κ1) is 20.6. The monoisotopic (exact) mass is 348 g/mol. The van der Waals surface area contributed by atoms with E-state index in [4.69, 9.17) is 0 Å². The van der Waals surface area contributed by atoms with Crippen LogP contribution in [0.4, 0.5) is 5.69 Å². The molecule has 3 amide bonds. The van der Waals surface area contributed by atoms with Gasteiger partial charge in [0.25, 0.3) is 5.91 Å². The van der Waals surface area contributed by atoms with Crippen molar-refractivity contribution in [2.45, 2.75) is 26.8 Å². The fourth-order valence-corrected chi connectivity index (χ4v) is 2.50. The molecule has 2 N–H and O–H groups in total. The molecule has 0 radical (unpaired) electrons. The lowest BCUT2D eigenvalue weighted by molar-refractivity contribution is -0.136. The quantitative estimate of drug-likeness (QED) is 0.725. The molecule has 1 atom stereocenters. The van der Waals surface area contributed by atoms with Crippen LogP contribution < -0.4 is 10.6 Å². The number of nitrogens with one attached hydrogen (secondary N) is 2. The van der Waals surface area contributed by atoms with Gasteiger partial charge in [0.2, 0.25) is 0 Å². The Morgan fingerprint density at radius 2 is 1.64 bits per heavy atom. The molecule has 0 heterocycles. The highest BCUT2D eigenvalue weighted by molar-refractivity contribution is 6.40. The van der Waals surface area contributed by atoms with E-state index in [0.29, 0.717) is 17.8 Å². The SMILES string of the molecule is CCN(CC)C(C)CNC(=O)C(=O)Nc1ccccc1C(=O)N(C)C. The standard InChI is InChI=1S/C18H28N4O3/c1-6-22(7-2)13(3)12-19-16(23)17(24)20-15-11-9-8-10-14(15)18(25)21(4)5/h8-11,13H,6-7,12H2,1-5H3,(H,19,23)(H,20,24). The number of hydrogen-bond acceptors (Lipinski definition) is 4. The zero-order valence-electron chi connectivity index (χ0n) is 15.6. The van der Waals surface area contributed by atoms with Crippen molar-refractivity contribution in [1.29, 1.82) is 0 Å². The van der Waals surface area contributed by atoms with Gasteiger partial charge in [0.1, 0.15) is 0 Å². The van der Waals surface area contributed by atoms with E-state index in [1.807, 2.05) is 20.8 Å². The normalized spacial score (nSPS) is 11.8. The maximum atomic E-state index is 12.1. The molecule has 7 heteroatoms. The molecule has 0 aliphatic heterocycles. The third-order valence-corrected chi connectivity index (χ3v) is 4.01. The zero-order chi connectivity index (χ0) is 19.0. The van der Waals surface area contributed by atoms with Crippen molar-refractivity contribution in [3.63, 3.8) is 0 Å². The van der Waals surface area contributed by atoms with Crippen LogP contribution in [0.1, 0.15) is 31.1 Å². The zero-order valence-corrected chi connectivity index (χ0v) is 15.6. The lowest BCUT2D eigenvalue weighted by Crippen LogP contribution is -2.45. The van der Waals surface area contributed by atoms with Crippen LogP contribution in [-0.4, -0.2) is 67.3 Å². The molecular weight excluding hydrogens is 320 g/mol. The minimum absolute atomic E-state index is 0.134. The molecule has 7 nitrogen and oxygen atoms in total. The molecule has 0 spiro atoms. The predicted octanol–water partition coefficient (Wildman–Crippen LogP) is 1.17. The van der Waals surface area contributed by atoms with Crippen molar-refractivity contribution < 1.29 is 14.4 Å². The molecule has 25 heavy (non-hydrogen) atoms. The van der Waals surface area contributed by atoms with E-state index in [1.165, 1.54) is 4.90 Å². The number of hydrogen-bond donors (Lipinski definition) is 2. The molecule has 1 aromatic rings. The highest BCUT2D eigenvalue weighted by Crippen LogP contribution is 2.16. The molecule has 0 saturated heterocycles. The fraction of sp³-hybridized carbons (Fsp3) is 0.500. The summed E-state index contributed by atoms with van der Waals surface area (Å²) >= 11 is 0. The first-order valence-corrected chi connectivity index (χ1v) is 8.45. The van der Waals surface area contributed by atoms with Gasteiger partial charge in [-0.05, 0) is 32.1 Å². The molecule has 1 aromatic carbocycles. The van der Waals surface area contributed by atoms with Crippen molar-refractivity contribution in [3.05, 3.63) is 29.8 Å². The maximum absolute atomic E-state index is 12.1. The summed E-state index contributed by atoms with van der Waals surface area (Å²) in [5.74, 6) is -1.75. The second kappa shape index (κ2) is 9.78. The van der Waals surface area contributed by atoms with Gasteiger partial charge in [-0.15, -0.1) is 0 Å². The number of rotatable bonds is 7. The number of nitrogens with zero attached hydrogens (tertiary/aromatic N) is 2. The molecule has 1 unspecified atom stereocenters. The number of benzene rings is 1. The van der Waals surface area contributed by atoms with Crippen LogP contribution in [0.15, 0.2) is 24.3 Å². The molecule has 0 saturated carbocycles. The van der Waals surface area contributed by atoms with Gasteiger partial charge in [0, 0.05) is 26.7 Å². The average Bonchev–Trinajstić information content (AvgIpc) is 2.60. The van der Waals surface area contributed by atoms with Gasteiger partial charge >= 0.3 is 11.8 Å². The number of carbonyl (C=O) groups is 3. The summed E-state index contributed by atoms with van der Waals surface area (Å²) in [4.78, 5) is 39.9. The average molecular weight is 348 g/mol. The summed E-state index contributed by atoms with van der Waals surface area (Å²) in [6.07, 6.45) is 0. The van der Waals surface area contributed by atoms with Gasteiger partial charge in [-0.3, -0.25) is 19.3 Å². The van der Waals surface area contributed by atoms with Crippen molar-refractivity contribution in [3.8, 4) is 0 Å². The van der Waals surface area contributed by atoms with Crippen LogP contribution >= 0.6 is 0 Å². The molecule has 138 valence electrons. The van der Waals surface area contributed by atoms with Crippen LogP contribution in [0.2, 0.25) is 0 Å². The van der Waals surface area contributed by atoms with Gasteiger partial charge < -0.3 is 15.5 Å². The van der Waals surface area contributed by atoms with Crippen LogP contribution in [-0.2, 0) is 9.59 Å². The first-order valence-electron chi connectivity index (χ1n) is 8.45. The third-order valence-electron chi connectivity index (χ3n) is 4.01. The molecule has 0 aromatic heterocycles. The number of likely N-dealkylation sites (N-methyl/N-ethyl adjacent to an activating group) is 1. The topological polar surface area (TPSA) is 81.8 Å². The predicted molar refractivity (Wildman–Crippen MR) is 98.5 cm³/mol. The van der Waals surface area contributed by atoms with Gasteiger partial charge in [-0.25, -0.2) is 0 Å². The Labute approximate surface area is 149 Å². The van der Waals surface area contributed by atoms with Crippen LogP contribution in [0.5, 0.6) is 0 Å². The van der Waals surface area contributed by atoms with E-state index in [0.717, 1.165) is 13.1 Å². The van der Waals surface area contributed by atoms with E-state index >= 15 is 0 Å². The lowest BCUT2D eigenvalue weighted by Gasteiger charge is -2.26. The van der Waals surface area contributed by atoms with E-state index in [2.05, 4.69) is 15.5 Å². The summed E-state index contributed by atoms with van der Waals surface area (Å²) in [6.45, 7) is 8.22. The van der Waals surface area contributed by atoms with E-state index < -0.39 is 11.8 Å². The van der Waals surface area contributed by atoms with Crippen molar-refractivity contribution in [1.82, 2.24) is 15.1 Å². The Hall–Kier alpha value is -2.41. The summed E-state index contributed by atoms with van der Waals surface area (Å²) in [6, 6.07) is 6.74. The molecule has 1 rings (SSSR count). The molecule has 0 aliphatic rings. The number of carbonyl (C=O) groups excluding carboxylic acids is 3.